The second-order valence-electron chi connectivity index (χ2n) is 3.03. The van der Waals surface area contributed by atoms with E-state index in [0.717, 1.165) is 5.69 Å². The monoisotopic (exact) mass is 226 g/mol. The van der Waals surface area contributed by atoms with Gasteiger partial charge in [0, 0.05) is 24.5 Å². The Kier molecular flexibility index (Phi) is 8.29. The van der Waals surface area contributed by atoms with E-state index in [1.807, 2.05) is 30.9 Å². The summed E-state index contributed by atoms with van der Waals surface area (Å²) in [5, 5.41) is 17.7. The molecule has 0 atom stereocenters. The molecule has 0 radical (unpaired) electrons. The molecule has 0 aliphatic rings. The van der Waals surface area contributed by atoms with Gasteiger partial charge in [-0.25, -0.2) is 0 Å². The van der Waals surface area contributed by atoms with Crippen molar-refractivity contribution in [2.24, 2.45) is 0 Å². The Morgan fingerprint density at radius 3 is 1.81 bits per heavy atom. The highest BCUT2D eigenvalue weighted by Crippen LogP contribution is 2.15. The van der Waals surface area contributed by atoms with Crippen LogP contribution >= 0.6 is 0 Å². The smallest absolute Gasteiger partial charge is 0.0606 e. The van der Waals surface area contributed by atoms with Crippen molar-refractivity contribution in [2.75, 3.05) is 36.9 Å². The molecule has 0 aromatic heterocycles. The van der Waals surface area contributed by atoms with Crippen LogP contribution in [0.15, 0.2) is 24.3 Å². The second-order valence-corrected chi connectivity index (χ2v) is 3.03. The molecule has 92 valence electrons. The van der Waals surface area contributed by atoms with E-state index in [2.05, 4.69) is 0 Å². The number of hydrogen-bond donors (Lipinski definition) is 3. The third-order valence-electron chi connectivity index (χ3n) is 2.00. The third kappa shape index (κ3) is 5.00. The quantitative estimate of drug-likeness (QED) is 0.657. The average molecular weight is 226 g/mol. The zero-order valence-corrected chi connectivity index (χ0v) is 10.1. The van der Waals surface area contributed by atoms with E-state index in [4.69, 9.17) is 15.9 Å². The van der Waals surface area contributed by atoms with Crippen molar-refractivity contribution in [3.05, 3.63) is 24.3 Å². The Hall–Kier alpha value is -1.26. The fraction of sp³-hybridized carbons (Fsp3) is 0.500. The van der Waals surface area contributed by atoms with Gasteiger partial charge in [-0.1, -0.05) is 13.8 Å². The van der Waals surface area contributed by atoms with Gasteiger partial charge in [0.05, 0.1) is 13.2 Å². The van der Waals surface area contributed by atoms with E-state index in [-0.39, 0.29) is 13.2 Å². The molecule has 0 aliphatic carbocycles. The van der Waals surface area contributed by atoms with Gasteiger partial charge in [0.1, 0.15) is 0 Å². The lowest BCUT2D eigenvalue weighted by Gasteiger charge is -2.22. The maximum Gasteiger partial charge on any atom is 0.0606 e. The fourth-order valence-corrected chi connectivity index (χ4v) is 1.30. The molecule has 0 amide bonds. The SMILES string of the molecule is CC.Nc1ccc(N(CCO)CCO)cc1. The van der Waals surface area contributed by atoms with Gasteiger partial charge < -0.3 is 20.8 Å². The minimum absolute atomic E-state index is 0.0738. The number of rotatable bonds is 5. The summed E-state index contributed by atoms with van der Waals surface area (Å²) < 4.78 is 0. The molecular formula is C12H22N2O2. The molecule has 0 saturated carbocycles. The summed E-state index contributed by atoms with van der Waals surface area (Å²) in [5.41, 5.74) is 7.23. The van der Waals surface area contributed by atoms with Gasteiger partial charge in [0.15, 0.2) is 0 Å². The van der Waals surface area contributed by atoms with Gasteiger partial charge in [0.2, 0.25) is 0 Å². The summed E-state index contributed by atoms with van der Waals surface area (Å²) in [7, 11) is 0. The lowest BCUT2D eigenvalue weighted by atomic mass is 10.2. The lowest BCUT2D eigenvalue weighted by molar-refractivity contribution is 0.281. The Labute approximate surface area is 97.3 Å². The molecule has 1 rings (SSSR count). The highest BCUT2D eigenvalue weighted by atomic mass is 16.3. The summed E-state index contributed by atoms with van der Waals surface area (Å²) in [5.74, 6) is 0. The van der Waals surface area contributed by atoms with Crippen LogP contribution in [0.5, 0.6) is 0 Å². The van der Waals surface area contributed by atoms with Crippen molar-refractivity contribution in [3.8, 4) is 0 Å². The zero-order valence-electron chi connectivity index (χ0n) is 10.1. The molecule has 0 aliphatic heterocycles. The van der Waals surface area contributed by atoms with E-state index in [1.54, 1.807) is 12.1 Å². The predicted octanol–water partition coefficient (Wildman–Crippen LogP) is 1.09. The normalized spacial score (nSPS) is 9.25. The maximum absolute atomic E-state index is 8.83. The van der Waals surface area contributed by atoms with E-state index >= 15 is 0 Å². The van der Waals surface area contributed by atoms with Crippen LogP contribution in [0.3, 0.4) is 0 Å². The van der Waals surface area contributed by atoms with E-state index in [1.165, 1.54) is 0 Å². The van der Waals surface area contributed by atoms with Gasteiger partial charge >= 0.3 is 0 Å². The second kappa shape index (κ2) is 9.00. The Morgan fingerprint density at radius 2 is 1.44 bits per heavy atom. The zero-order chi connectivity index (χ0) is 12.4. The fourth-order valence-electron chi connectivity index (χ4n) is 1.30. The van der Waals surface area contributed by atoms with Gasteiger partial charge in [-0.3, -0.25) is 0 Å². The third-order valence-corrected chi connectivity index (χ3v) is 2.00. The summed E-state index contributed by atoms with van der Waals surface area (Å²) in [6.45, 7) is 5.18. The van der Waals surface area contributed by atoms with E-state index < -0.39 is 0 Å². The van der Waals surface area contributed by atoms with Crippen molar-refractivity contribution in [1.82, 2.24) is 0 Å². The van der Waals surface area contributed by atoms with E-state index in [9.17, 15) is 0 Å². The van der Waals surface area contributed by atoms with Crippen LogP contribution in [0.25, 0.3) is 0 Å². The standard InChI is InChI=1S/C10H16N2O2.C2H6/c11-9-1-3-10(4-2-9)12(5-7-13)6-8-14;1-2/h1-4,13-14H,5-8,11H2;1-2H3. The highest BCUT2D eigenvalue weighted by Gasteiger charge is 2.03. The minimum atomic E-state index is 0.0738. The van der Waals surface area contributed by atoms with Crippen LogP contribution in [0.4, 0.5) is 11.4 Å². The van der Waals surface area contributed by atoms with Gasteiger partial charge in [-0.05, 0) is 24.3 Å². The van der Waals surface area contributed by atoms with E-state index in [0.29, 0.717) is 18.8 Å². The van der Waals surface area contributed by atoms with Crippen molar-refractivity contribution in [3.63, 3.8) is 0 Å². The number of nitrogens with zero attached hydrogens (tertiary/aromatic N) is 1. The van der Waals surface area contributed by atoms with Gasteiger partial charge in [-0.15, -0.1) is 0 Å². The first kappa shape index (κ1) is 14.7. The van der Waals surface area contributed by atoms with Crippen LogP contribution in [0.1, 0.15) is 13.8 Å². The Morgan fingerprint density at radius 1 is 1.00 bits per heavy atom. The Balaban J connectivity index is 0.00000106. The maximum atomic E-state index is 8.83. The number of hydrogen-bond acceptors (Lipinski definition) is 4. The summed E-state index contributed by atoms with van der Waals surface area (Å²) in [6.07, 6.45) is 0. The Bertz CT molecular complexity index is 256. The molecule has 0 bridgehead atoms. The summed E-state index contributed by atoms with van der Waals surface area (Å²) in [6, 6.07) is 7.36. The minimum Gasteiger partial charge on any atom is -0.399 e. The number of aliphatic hydroxyl groups is 2. The first-order chi connectivity index (χ1) is 7.77. The molecule has 4 N–H and O–H groups in total. The molecular weight excluding hydrogens is 204 g/mol. The van der Waals surface area contributed by atoms with Gasteiger partial charge in [0.25, 0.3) is 0 Å². The van der Waals surface area contributed by atoms with Crippen molar-refractivity contribution in [2.45, 2.75) is 13.8 Å². The molecule has 0 saturated heterocycles. The number of aliphatic hydroxyl groups excluding tert-OH is 2. The molecule has 16 heavy (non-hydrogen) atoms. The number of benzene rings is 1. The summed E-state index contributed by atoms with van der Waals surface area (Å²) in [4.78, 5) is 1.90. The molecule has 0 unspecified atom stereocenters. The van der Waals surface area contributed by atoms with Crippen LogP contribution < -0.4 is 10.6 Å². The average Bonchev–Trinajstić information content (AvgIpc) is 2.32. The molecule has 1 aromatic carbocycles. The molecule has 1 aromatic rings. The highest BCUT2D eigenvalue weighted by molar-refractivity contribution is 5.53. The van der Waals surface area contributed by atoms with Crippen LogP contribution in [0.2, 0.25) is 0 Å². The largest absolute Gasteiger partial charge is 0.399 e. The van der Waals surface area contributed by atoms with Crippen LogP contribution in [0, 0.1) is 0 Å². The number of nitrogens with two attached hydrogens (primary N) is 1. The predicted molar refractivity (Wildman–Crippen MR) is 68.6 cm³/mol. The first-order valence-corrected chi connectivity index (χ1v) is 5.60. The lowest BCUT2D eigenvalue weighted by Crippen LogP contribution is -2.29. The van der Waals surface area contributed by atoms with Crippen molar-refractivity contribution in [1.29, 1.82) is 0 Å². The molecule has 4 heteroatoms. The molecule has 0 fully saturated rings. The van der Waals surface area contributed by atoms with Gasteiger partial charge in [-0.2, -0.15) is 0 Å². The summed E-state index contributed by atoms with van der Waals surface area (Å²) >= 11 is 0. The number of nitrogen functional groups attached to an aromatic ring is 1. The topological polar surface area (TPSA) is 69.7 Å². The van der Waals surface area contributed by atoms with Crippen molar-refractivity contribution < 1.29 is 10.2 Å². The molecule has 0 spiro atoms. The molecule has 4 nitrogen and oxygen atoms in total. The first-order valence-electron chi connectivity index (χ1n) is 5.60. The van der Waals surface area contributed by atoms with Crippen LogP contribution in [-0.2, 0) is 0 Å². The number of anilines is 2. The van der Waals surface area contributed by atoms with Crippen molar-refractivity contribution >= 4 is 11.4 Å². The van der Waals surface area contributed by atoms with Crippen LogP contribution in [-0.4, -0.2) is 36.5 Å². The molecule has 0 heterocycles.